The topological polar surface area (TPSA) is 86.5 Å². The number of fused-ring (bicyclic) bond motifs is 3. The standard InChI is InChI=1S/C17H26N4O4/c1-16(2,3)24-14(22)13-19-18-12-11-9-20(7-10(11)8-21(12)13)15(23)25-17(4,5)6/h10-11H,7-9H2,1-6H3/t10-,11-/m0/s1. The van der Waals surface area contributed by atoms with E-state index in [1.165, 1.54) is 0 Å². The molecule has 2 aliphatic rings. The maximum absolute atomic E-state index is 12.3. The van der Waals surface area contributed by atoms with Gasteiger partial charge in [0.05, 0.1) is 0 Å². The third kappa shape index (κ3) is 3.62. The van der Waals surface area contributed by atoms with E-state index in [4.69, 9.17) is 9.47 Å². The molecule has 8 nitrogen and oxygen atoms in total. The van der Waals surface area contributed by atoms with Gasteiger partial charge in [-0.05, 0) is 41.5 Å². The second-order valence-electron chi connectivity index (χ2n) is 8.75. The Morgan fingerprint density at radius 2 is 1.60 bits per heavy atom. The van der Waals surface area contributed by atoms with Gasteiger partial charge < -0.3 is 18.9 Å². The number of ether oxygens (including phenoxy) is 2. The number of likely N-dealkylation sites (tertiary alicyclic amines) is 1. The van der Waals surface area contributed by atoms with Gasteiger partial charge in [-0.1, -0.05) is 0 Å². The molecule has 0 aromatic carbocycles. The lowest BCUT2D eigenvalue weighted by atomic mass is 10.00. The Kier molecular flexibility index (Phi) is 4.04. The maximum atomic E-state index is 12.3. The molecule has 1 fully saturated rings. The van der Waals surface area contributed by atoms with Gasteiger partial charge in [0.1, 0.15) is 17.0 Å². The van der Waals surface area contributed by atoms with Gasteiger partial charge in [-0.2, -0.15) is 0 Å². The molecule has 0 aliphatic carbocycles. The van der Waals surface area contributed by atoms with E-state index in [1.54, 1.807) is 4.90 Å². The second kappa shape index (κ2) is 5.71. The highest BCUT2D eigenvalue weighted by Crippen LogP contribution is 2.39. The van der Waals surface area contributed by atoms with Crippen LogP contribution in [0.15, 0.2) is 0 Å². The lowest BCUT2D eigenvalue weighted by Crippen LogP contribution is -2.36. The lowest BCUT2D eigenvalue weighted by Gasteiger charge is -2.24. The van der Waals surface area contributed by atoms with Crippen LogP contribution in [0.1, 0.15) is 63.9 Å². The highest BCUT2D eigenvalue weighted by atomic mass is 16.6. The highest BCUT2D eigenvalue weighted by molar-refractivity contribution is 5.85. The zero-order chi connectivity index (χ0) is 18.6. The van der Waals surface area contributed by atoms with Crippen LogP contribution in [-0.4, -0.2) is 56.0 Å². The fourth-order valence-electron chi connectivity index (χ4n) is 3.30. The predicted molar refractivity (Wildman–Crippen MR) is 89.2 cm³/mol. The number of carbonyl (C=O) groups is 2. The third-order valence-corrected chi connectivity index (χ3v) is 4.20. The van der Waals surface area contributed by atoms with E-state index in [9.17, 15) is 9.59 Å². The molecule has 3 heterocycles. The first-order chi connectivity index (χ1) is 11.4. The van der Waals surface area contributed by atoms with Crippen molar-refractivity contribution in [2.45, 2.75) is 65.2 Å². The summed E-state index contributed by atoms with van der Waals surface area (Å²) in [7, 11) is 0. The van der Waals surface area contributed by atoms with Gasteiger partial charge in [0, 0.05) is 31.5 Å². The molecule has 0 N–H and O–H groups in total. The van der Waals surface area contributed by atoms with Crippen LogP contribution in [-0.2, 0) is 16.0 Å². The molecule has 0 unspecified atom stereocenters. The summed E-state index contributed by atoms with van der Waals surface area (Å²) in [5.74, 6) is 0.825. The molecule has 0 spiro atoms. The Morgan fingerprint density at radius 3 is 2.20 bits per heavy atom. The van der Waals surface area contributed by atoms with Crippen molar-refractivity contribution in [2.75, 3.05) is 13.1 Å². The highest BCUT2D eigenvalue weighted by Gasteiger charge is 2.46. The zero-order valence-electron chi connectivity index (χ0n) is 15.7. The number of rotatable bonds is 1. The van der Waals surface area contributed by atoms with Gasteiger partial charge in [-0.15, -0.1) is 10.2 Å². The minimum Gasteiger partial charge on any atom is -0.454 e. The Balaban J connectivity index is 1.72. The van der Waals surface area contributed by atoms with Crippen molar-refractivity contribution in [3.05, 3.63) is 11.6 Å². The number of amides is 1. The zero-order valence-corrected chi connectivity index (χ0v) is 15.7. The van der Waals surface area contributed by atoms with Crippen molar-refractivity contribution < 1.29 is 19.1 Å². The van der Waals surface area contributed by atoms with E-state index in [2.05, 4.69) is 10.2 Å². The number of hydrogen-bond donors (Lipinski definition) is 0. The fourth-order valence-corrected chi connectivity index (χ4v) is 3.30. The van der Waals surface area contributed by atoms with Crippen molar-refractivity contribution in [1.82, 2.24) is 19.7 Å². The smallest absolute Gasteiger partial charge is 0.410 e. The van der Waals surface area contributed by atoms with Crippen molar-refractivity contribution in [1.29, 1.82) is 0 Å². The van der Waals surface area contributed by atoms with Crippen LogP contribution in [0, 0.1) is 5.92 Å². The average molecular weight is 350 g/mol. The predicted octanol–water partition coefficient (Wildman–Crippen LogP) is 2.20. The summed E-state index contributed by atoms with van der Waals surface area (Å²) in [5.41, 5.74) is -1.09. The number of carbonyl (C=O) groups excluding carboxylic acids is 2. The summed E-state index contributed by atoms with van der Waals surface area (Å²) < 4.78 is 12.7. The molecule has 25 heavy (non-hydrogen) atoms. The second-order valence-corrected chi connectivity index (χ2v) is 8.75. The quantitative estimate of drug-likeness (QED) is 0.722. The van der Waals surface area contributed by atoms with Crippen LogP contribution in [0.4, 0.5) is 4.79 Å². The van der Waals surface area contributed by atoms with Crippen LogP contribution in [0.2, 0.25) is 0 Å². The Bertz CT molecular complexity index is 698. The molecule has 3 rings (SSSR count). The number of aromatic nitrogens is 3. The molecule has 2 atom stereocenters. The maximum Gasteiger partial charge on any atom is 0.410 e. The van der Waals surface area contributed by atoms with Crippen LogP contribution < -0.4 is 0 Å². The Labute approximate surface area is 147 Å². The summed E-state index contributed by atoms with van der Waals surface area (Å²) in [6.45, 7) is 12.8. The minimum absolute atomic E-state index is 0.0798. The Hall–Kier alpha value is -2.12. The van der Waals surface area contributed by atoms with Crippen molar-refractivity contribution in [3.8, 4) is 0 Å². The molecule has 138 valence electrons. The molecule has 2 aliphatic heterocycles. The normalized spacial score (nSPS) is 22.6. The lowest BCUT2D eigenvalue weighted by molar-refractivity contribution is 0.00481. The third-order valence-electron chi connectivity index (χ3n) is 4.20. The summed E-state index contributed by atoms with van der Waals surface area (Å²) in [4.78, 5) is 26.3. The first kappa shape index (κ1) is 17.7. The van der Waals surface area contributed by atoms with E-state index in [0.717, 1.165) is 5.82 Å². The van der Waals surface area contributed by atoms with Crippen LogP contribution in [0.5, 0.6) is 0 Å². The number of nitrogens with zero attached hydrogens (tertiary/aromatic N) is 4. The van der Waals surface area contributed by atoms with Crippen molar-refractivity contribution in [3.63, 3.8) is 0 Å². The van der Waals surface area contributed by atoms with Crippen LogP contribution in [0.25, 0.3) is 0 Å². The fraction of sp³-hybridized carbons (Fsp3) is 0.765. The number of esters is 1. The van der Waals surface area contributed by atoms with Gasteiger partial charge in [-0.25, -0.2) is 9.59 Å². The van der Waals surface area contributed by atoms with E-state index in [0.29, 0.717) is 19.6 Å². The molecule has 1 aromatic rings. The van der Waals surface area contributed by atoms with Gasteiger partial charge in [0.2, 0.25) is 5.82 Å². The minimum atomic E-state index is -0.578. The number of hydrogen-bond acceptors (Lipinski definition) is 6. The van der Waals surface area contributed by atoms with Crippen molar-refractivity contribution >= 4 is 12.1 Å². The molecular weight excluding hydrogens is 324 g/mol. The van der Waals surface area contributed by atoms with Gasteiger partial charge in [0.25, 0.3) is 0 Å². The molecule has 0 bridgehead atoms. The van der Waals surface area contributed by atoms with E-state index < -0.39 is 17.2 Å². The largest absolute Gasteiger partial charge is 0.454 e. The van der Waals surface area contributed by atoms with E-state index in [1.807, 2.05) is 46.1 Å². The van der Waals surface area contributed by atoms with E-state index in [-0.39, 0.29) is 23.8 Å². The van der Waals surface area contributed by atoms with Crippen LogP contribution >= 0.6 is 0 Å². The Morgan fingerprint density at radius 1 is 0.960 bits per heavy atom. The van der Waals surface area contributed by atoms with Gasteiger partial charge in [-0.3, -0.25) is 0 Å². The van der Waals surface area contributed by atoms with Crippen LogP contribution in [0.3, 0.4) is 0 Å². The average Bonchev–Trinajstić information content (AvgIpc) is 3.03. The van der Waals surface area contributed by atoms with Crippen molar-refractivity contribution in [2.24, 2.45) is 5.92 Å². The van der Waals surface area contributed by atoms with Gasteiger partial charge in [0.15, 0.2) is 0 Å². The van der Waals surface area contributed by atoms with E-state index >= 15 is 0 Å². The molecule has 8 heteroatoms. The summed E-state index contributed by atoms with van der Waals surface area (Å²) >= 11 is 0. The summed E-state index contributed by atoms with van der Waals surface area (Å²) in [6.07, 6.45) is -0.305. The first-order valence-corrected chi connectivity index (χ1v) is 8.59. The summed E-state index contributed by atoms with van der Waals surface area (Å²) in [5, 5.41) is 8.21. The molecule has 0 saturated carbocycles. The summed E-state index contributed by atoms with van der Waals surface area (Å²) in [6, 6.07) is 0. The van der Waals surface area contributed by atoms with Gasteiger partial charge >= 0.3 is 12.1 Å². The molecule has 1 saturated heterocycles. The molecule has 0 radical (unpaired) electrons. The molecular formula is C17H26N4O4. The SMILES string of the molecule is CC(C)(C)OC(=O)c1nnc2n1C[C@@H]1CN(C(=O)OC(C)(C)C)C[C@H]21. The monoisotopic (exact) mass is 350 g/mol. The first-order valence-electron chi connectivity index (χ1n) is 8.59. The molecule has 1 aromatic heterocycles. The molecule has 1 amide bonds.